The second-order valence-corrected chi connectivity index (χ2v) is 7.73. The molecule has 7 heteroatoms. The SMILES string of the molecule is CCc1ccccc1C(=O)c1cnc2cc(O)ccc2c1Oc1ccc(/C=C/C(=O)O)cc1OC. The van der Waals surface area contributed by atoms with Crippen LogP contribution in [0.2, 0.25) is 0 Å². The molecule has 0 spiro atoms. The predicted octanol–water partition coefficient (Wildman–Crippen LogP) is 5.63. The number of fused-ring (bicyclic) bond motifs is 1. The van der Waals surface area contributed by atoms with E-state index in [0.717, 1.165) is 11.6 Å². The van der Waals surface area contributed by atoms with Gasteiger partial charge in [0, 0.05) is 29.3 Å². The topological polar surface area (TPSA) is 106 Å². The first-order chi connectivity index (χ1) is 16.9. The molecule has 4 rings (SSSR count). The van der Waals surface area contributed by atoms with Gasteiger partial charge in [0.1, 0.15) is 11.5 Å². The first-order valence-electron chi connectivity index (χ1n) is 10.9. The van der Waals surface area contributed by atoms with Gasteiger partial charge in [-0.25, -0.2) is 4.79 Å². The van der Waals surface area contributed by atoms with E-state index in [0.29, 0.717) is 39.9 Å². The van der Waals surface area contributed by atoms with Crippen molar-refractivity contribution in [2.45, 2.75) is 13.3 Å². The summed E-state index contributed by atoms with van der Waals surface area (Å²) in [6.07, 6.45) is 4.60. The van der Waals surface area contributed by atoms with E-state index in [-0.39, 0.29) is 22.8 Å². The van der Waals surface area contributed by atoms with Crippen LogP contribution in [-0.2, 0) is 11.2 Å². The van der Waals surface area contributed by atoms with Gasteiger partial charge in [-0.2, -0.15) is 0 Å². The number of carboxylic acids is 1. The number of pyridine rings is 1. The lowest BCUT2D eigenvalue weighted by molar-refractivity contribution is -0.131. The number of benzene rings is 3. The summed E-state index contributed by atoms with van der Waals surface area (Å²) < 4.78 is 11.7. The van der Waals surface area contributed by atoms with Gasteiger partial charge in [0.2, 0.25) is 0 Å². The number of aromatic nitrogens is 1. The van der Waals surface area contributed by atoms with Crippen molar-refractivity contribution in [1.29, 1.82) is 0 Å². The van der Waals surface area contributed by atoms with Crippen LogP contribution in [0.4, 0.5) is 0 Å². The van der Waals surface area contributed by atoms with Crippen LogP contribution in [0.3, 0.4) is 0 Å². The monoisotopic (exact) mass is 469 g/mol. The maximum absolute atomic E-state index is 13.6. The summed E-state index contributed by atoms with van der Waals surface area (Å²) in [5.41, 5.74) is 2.79. The van der Waals surface area contributed by atoms with Gasteiger partial charge < -0.3 is 19.7 Å². The Hall–Kier alpha value is -4.65. The molecule has 0 fully saturated rings. The fourth-order valence-electron chi connectivity index (χ4n) is 3.77. The highest BCUT2D eigenvalue weighted by molar-refractivity contribution is 6.14. The number of carbonyl (C=O) groups is 2. The van der Waals surface area contributed by atoms with Gasteiger partial charge >= 0.3 is 5.97 Å². The maximum atomic E-state index is 13.6. The Labute approximate surface area is 201 Å². The molecule has 2 N–H and O–H groups in total. The fourth-order valence-corrected chi connectivity index (χ4v) is 3.77. The number of nitrogens with zero attached hydrogens (tertiary/aromatic N) is 1. The molecule has 0 aliphatic heterocycles. The number of phenolic OH excluding ortho intramolecular Hbond substituents is 1. The summed E-state index contributed by atoms with van der Waals surface area (Å²) in [6.45, 7) is 1.98. The molecule has 35 heavy (non-hydrogen) atoms. The number of rotatable bonds is 8. The number of ketones is 1. The molecule has 7 nitrogen and oxygen atoms in total. The third kappa shape index (κ3) is 4.99. The van der Waals surface area contributed by atoms with Crippen LogP contribution in [0.25, 0.3) is 17.0 Å². The highest BCUT2D eigenvalue weighted by Gasteiger charge is 2.22. The normalized spacial score (nSPS) is 11.0. The van der Waals surface area contributed by atoms with Crippen molar-refractivity contribution in [3.05, 3.63) is 95.2 Å². The quantitative estimate of drug-likeness (QED) is 0.254. The summed E-state index contributed by atoms with van der Waals surface area (Å²) in [5, 5.41) is 19.3. The number of hydrogen-bond acceptors (Lipinski definition) is 6. The van der Waals surface area contributed by atoms with Gasteiger partial charge in [-0.05, 0) is 47.9 Å². The number of aryl methyl sites for hydroxylation is 1. The molecule has 176 valence electrons. The van der Waals surface area contributed by atoms with Crippen LogP contribution in [0.15, 0.2) is 72.9 Å². The predicted molar refractivity (Wildman–Crippen MR) is 132 cm³/mol. The Balaban J connectivity index is 1.86. The lowest BCUT2D eigenvalue weighted by Crippen LogP contribution is -2.08. The van der Waals surface area contributed by atoms with Crippen molar-refractivity contribution in [1.82, 2.24) is 4.98 Å². The molecule has 1 aromatic heterocycles. The zero-order chi connectivity index (χ0) is 24.9. The second kappa shape index (κ2) is 10.1. The summed E-state index contributed by atoms with van der Waals surface area (Å²) in [6, 6.07) is 17.0. The minimum absolute atomic E-state index is 0.0403. The van der Waals surface area contributed by atoms with Gasteiger partial charge in [0.15, 0.2) is 17.3 Å². The summed E-state index contributed by atoms with van der Waals surface area (Å²) in [4.78, 5) is 28.9. The Bertz CT molecular complexity index is 1460. The Morgan fingerprint density at radius 2 is 1.80 bits per heavy atom. The van der Waals surface area contributed by atoms with E-state index in [1.54, 1.807) is 30.3 Å². The standard InChI is InChI=1S/C28H23NO6/c1-3-18-6-4-5-7-20(18)27(33)22-16-29-23-15-19(30)10-11-21(23)28(22)35-24-12-8-17(9-13-26(31)32)14-25(24)34-2/h4-16,30H,3H2,1-2H3,(H,31,32)/b13-9+. The van der Waals surface area contributed by atoms with Crippen LogP contribution < -0.4 is 9.47 Å². The number of carbonyl (C=O) groups excluding carboxylic acids is 1. The highest BCUT2D eigenvalue weighted by Crippen LogP contribution is 2.39. The maximum Gasteiger partial charge on any atom is 0.328 e. The van der Waals surface area contributed by atoms with Crippen molar-refractivity contribution in [2.75, 3.05) is 7.11 Å². The number of ether oxygens (including phenoxy) is 2. The Kier molecular flexibility index (Phi) is 6.78. The van der Waals surface area contributed by atoms with E-state index in [1.165, 1.54) is 31.5 Å². The van der Waals surface area contributed by atoms with Crippen LogP contribution in [0.1, 0.15) is 34.0 Å². The van der Waals surface area contributed by atoms with Crippen LogP contribution in [0, 0.1) is 0 Å². The number of phenols is 1. The Morgan fingerprint density at radius 1 is 1.00 bits per heavy atom. The number of methoxy groups -OCH3 is 1. The van der Waals surface area contributed by atoms with Gasteiger partial charge in [-0.15, -0.1) is 0 Å². The molecular formula is C28H23NO6. The molecule has 0 saturated heterocycles. The minimum Gasteiger partial charge on any atom is -0.508 e. The first kappa shape index (κ1) is 23.5. The van der Waals surface area contributed by atoms with Crippen LogP contribution in [-0.4, -0.2) is 34.1 Å². The molecule has 0 atom stereocenters. The molecule has 0 aliphatic rings. The number of aliphatic carboxylic acids is 1. The Morgan fingerprint density at radius 3 is 2.54 bits per heavy atom. The van der Waals surface area contributed by atoms with E-state index in [1.807, 2.05) is 25.1 Å². The largest absolute Gasteiger partial charge is 0.508 e. The molecule has 0 radical (unpaired) electrons. The molecule has 0 amide bonds. The average molecular weight is 469 g/mol. The van der Waals surface area contributed by atoms with Crippen molar-refractivity contribution < 1.29 is 29.3 Å². The average Bonchev–Trinajstić information content (AvgIpc) is 2.87. The van der Waals surface area contributed by atoms with Crippen LogP contribution in [0.5, 0.6) is 23.0 Å². The fraction of sp³-hybridized carbons (Fsp3) is 0.107. The van der Waals surface area contributed by atoms with Gasteiger partial charge in [-0.1, -0.05) is 37.3 Å². The molecule has 0 unspecified atom stereocenters. The minimum atomic E-state index is -1.06. The number of carboxylic acid groups (broad SMARTS) is 1. The molecule has 0 saturated carbocycles. The molecule has 4 aromatic rings. The van der Waals surface area contributed by atoms with E-state index in [9.17, 15) is 14.7 Å². The smallest absolute Gasteiger partial charge is 0.328 e. The summed E-state index contributed by atoms with van der Waals surface area (Å²) >= 11 is 0. The third-order valence-electron chi connectivity index (χ3n) is 5.51. The van der Waals surface area contributed by atoms with E-state index in [2.05, 4.69) is 4.98 Å². The van der Waals surface area contributed by atoms with Crippen molar-refractivity contribution in [2.24, 2.45) is 0 Å². The zero-order valence-corrected chi connectivity index (χ0v) is 19.2. The zero-order valence-electron chi connectivity index (χ0n) is 19.2. The van der Waals surface area contributed by atoms with Crippen molar-refractivity contribution >= 4 is 28.7 Å². The van der Waals surface area contributed by atoms with E-state index < -0.39 is 5.97 Å². The second-order valence-electron chi connectivity index (χ2n) is 7.73. The summed E-state index contributed by atoms with van der Waals surface area (Å²) in [7, 11) is 1.47. The lowest BCUT2D eigenvalue weighted by Gasteiger charge is -2.16. The van der Waals surface area contributed by atoms with Gasteiger partial charge in [-0.3, -0.25) is 9.78 Å². The highest BCUT2D eigenvalue weighted by atomic mass is 16.5. The summed E-state index contributed by atoms with van der Waals surface area (Å²) in [5.74, 6) is -0.297. The van der Waals surface area contributed by atoms with Crippen molar-refractivity contribution in [3.8, 4) is 23.0 Å². The molecule has 3 aromatic carbocycles. The molecular weight excluding hydrogens is 446 g/mol. The van der Waals surface area contributed by atoms with Crippen LogP contribution >= 0.6 is 0 Å². The molecule has 0 aliphatic carbocycles. The van der Waals surface area contributed by atoms with Gasteiger partial charge in [0.25, 0.3) is 0 Å². The number of hydrogen-bond donors (Lipinski definition) is 2. The van der Waals surface area contributed by atoms with E-state index >= 15 is 0 Å². The number of aromatic hydroxyl groups is 1. The molecule has 1 heterocycles. The van der Waals surface area contributed by atoms with Crippen molar-refractivity contribution in [3.63, 3.8) is 0 Å². The third-order valence-corrected chi connectivity index (χ3v) is 5.51. The molecule has 0 bridgehead atoms. The van der Waals surface area contributed by atoms with Gasteiger partial charge in [0.05, 0.1) is 18.2 Å². The van der Waals surface area contributed by atoms with E-state index in [4.69, 9.17) is 14.6 Å². The first-order valence-corrected chi connectivity index (χ1v) is 10.9. The lowest BCUT2D eigenvalue weighted by atomic mass is 9.96.